The first-order valence-corrected chi connectivity index (χ1v) is 8.94. The van der Waals surface area contributed by atoms with E-state index in [1.54, 1.807) is 11.0 Å². The highest BCUT2D eigenvalue weighted by molar-refractivity contribution is 5.79. The van der Waals surface area contributed by atoms with E-state index in [1.807, 2.05) is 36.0 Å². The molecule has 0 atom stereocenters. The van der Waals surface area contributed by atoms with Crippen LogP contribution < -0.4 is 9.80 Å². The molecule has 1 aromatic carbocycles. The number of hydrogen-bond donors (Lipinski definition) is 0. The SMILES string of the molecule is CN(C)c1ccc(N2CCN(C(=O)Cc3cccc(C(F)(F)F)c3)CC2)nn1. The number of halogens is 3. The molecular formula is C19H22F3N5O. The van der Waals surface area contributed by atoms with Crippen LogP contribution >= 0.6 is 0 Å². The van der Waals surface area contributed by atoms with Crippen molar-refractivity contribution in [2.45, 2.75) is 12.6 Å². The molecule has 1 saturated heterocycles. The number of alkyl halides is 3. The van der Waals surface area contributed by atoms with Crippen LogP contribution in [0.3, 0.4) is 0 Å². The Bertz CT molecular complexity index is 815. The van der Waals surface area contributed by atoms with Crippen LogP contribution in [0.4, 0.5) is 24.8 Å². The van der Waals surface area contributed by atoms with Gasteiger partial charge in [0.1, 0.15) is 0 Å². The van der Waals surface area contributed by atoms with Crippen molar-refractivity contribution >= 4 is 17.5 Å². The lowest BCUT2D eigenvalue weighted by Gasteiger charge is -2.35. The number of amides is 1. The van der Waals surface area contributed by atoms with Crippen LogP contribution in [0.15, 0.2) is 36.4 Å². The van der Waals surface area contributed by atoms with Gasteiger partial charge < -0.3 is 14.7 Å². The van der Waals surface area contributed by atoms with Gasteiger partial charge in [-0.25, -0.2) is 0 Å². The highest BCUT2D eigenvalue weighted by Crippen LogP contribution is 2.29. The molecule has 1 fully saturated rings. The molecule has 1 aliphatic rings. The van der Waals surface area contributed by atoms with Crippen LogP contribution in [-0.4, -0.2) is 61.3 Å². The van der Waals surface area contributed by atoms with Crippen molar-refractivity contribution in [2.75, 3.05) is 50.1 Å². The van der Waals surface area contributed by atoms with Gasteiger partial charge in [-0.1, -0.05) is 18.2 Å². The third-order valence-corrected chi connectivity index (χ3v) is 4.66. The van der Waals surface area contributed by atoms with E-state index >= 15 is 0 Å². The van der Waals surface area contributed by atoms with Gasteiger partial charge in [0.15, 0.2) is 11.6 Å². The van der Waals surface area contributed by atoms with Crippen LogP contribution in [0.25, 0.3) is 0 Å². The molecule has 0 unspecified atom stereocenters. The van der Waals surface area contributed by atoms with E-state index in [2.05, 4.69) is 10.2 Å². The van der Waals surface area contributed by atoms with Gasteiger partial charge in [-0.15, -0.1) is 10.2 Å². The van der Waals surface area contributed by atoms with Gasteiger partial charge in [0.05, 0.1) is 12.0 Å². The lowest BCUT2D eigenvalue weighted by Crippen LogP contribution is -2.49. The van der Waals surface area contributed by atoms with Gasteiger partial charge in [0.25, 0.3) is 0 Å². The third-order valence-electron chi connectivity index (χ3n) is 4.66. The molecule has 28 heavy (non-hydrogen) atoms. The van der Waals surface area contributed by atoms with Gasteiger partial charge >= 0.3 is 6.18 Å². The fourth-order valence-electron chi connectivity index (χ4n) is 3.05. The largest absolute Gasteiger partial charge is 0.416 e. The minimum Gasteiger partial charge on any atom is -0.361 e. The summed E-state index contributed by atoms with van der Waals surface area (Å²) in [5.74, 6) is 1.34. The molecule has 9 heteroatoms. The summed E-state index contributed by atoms with van der Waals surface area (Å²) in [6.07, 6.45) is -4.45. The summed E-state index contributed by atoms with van der Waals surface area (Å²) in [6.45, 7) is 2.19. The Morgan fingerprint density at radius 1 is 1.07 bits per heavy atom. The first kappa shape index (κ1) is 19.9. The minimum atomic E-state index is -4.41. The molecule has 1 amide bonds. The Balaban J connectivity index is 1.57. The number of anilines is 2. The summed E-state index contributed by atoms with van der Waals surface area (Å²) in [4.78, 5) is 18.1. The summed E-state index contributed by atoms with van der Waals surface area (Å²) in [7, 11) is 3.77. The number of hydrogen-bond acceptors (Lipinski definition) is 5. The molecule has 0 radical (unpaired) electrons. The topological polar surface area (TPSA) is 52.6 Å². The van der Waals surface area contributed by atoms with Gasteiger partial charge in [-0.2, -0.15) is 13.2 Å². The van der Waals surface area contributed by atoms with Crippen molar-refractivity contribution in [2.24, 2.45) is 0 Å². The lowest BCUT2D eigenvalue weighted by molar-refractivity contribution is -0.138. The average Bonchev–Trinajstić information content (AvgIpc) is 2.68. The maximum absolute atomic E-state index is 12.8. The second kappa shape index (κ2) is 8.04. The smallest absolute Gasteiger partial charge is 0.361 e. The fraction of sp³-hybridized carbons (Fsp3) is 0.421. The highest BCUT2D eigenvalue weighted by atomic mass is 19.4. The molecule has 0 aliphatic carbocycles. The minimum absolute atomic E-state index is 0.0404. The maximum atomic E-state index is 12.8. The Morgan fingerprint density at radius 2 is 1.79 bits per heavy atom. The number of aromatic nitrogens is 2. The van der Waals surface area contributed by atoms with Crippen LogP contribution in [0, 0.1) is 0 Å². The molecule has 0 saturated carbocycles. The van der Waals surface area contributed by atoms with Gasteiger partial charge in [0, 0.05) is 40.3 Å². The van der Waals surface area contributed by atoms with Crippen molar-refractivity contribution in [3.63, 3.8) is 0 Å². The number of benzene rings is 1. The van der Waals surface area contributed by atoms with E-state index in [9.17, 15) is 18.0 Å². The van der Waals surface area contributed by atoms with E-state index in [1.165, 1.54) is 6.07 Å². The second-order valence-corrected chi connectivity index (χ2v) is 6.89. The molecule has 0 bridgehead atoms. The van der Waals surface area contributed by atoms with Crippen LogP contribution in [0.2, 0.25) is 0 Å². The van der Waals surface area contributed by atoms with Crippen molar-refractivity contribution < 1.29 is 18.0 Å². The van der Waals surface area contributed by atoms with E-state index in [0.29, 0.717) is 31.7 Å². The lowest BCUT2D eigenvalue weighted by atomic mass is 10.1. The van der Waals surface area contributed by atoms with Crippen molar-refractivity contribution in [3.05, 3.63) is 47.5 Å². The normalized spacial score (nSPS) is 14.9. The number of carbonyl (C=O) groups excluding carboxylic acids is 1. The number of piperazine rings is 1. The molecular weight excluding hydrogens is 371 g/mol. The number of carbonyl (C=O) groups is 1. The summed E-state index contributed by atoms with van der Waals surface area (Å²) in [5, 5.41) is 8.37. The van der Waals surface area contributed by atoms with Gasteiger partial charge in [-0.3, -0.25) is 4.79 Å². The summed E-state index contributed by atoms with van der Waals surface area (Å²) < 4.78 is 38.5. The monoisotopic (exact) mass is 393 g/mol. The highest BCUT2D eigenvalue weighted by Gasteiger charge is 2.30. The number of rotatable bonds is 4. The van der Waals surface area contributed by atoms with Crippen molar-refractivity contribution in [1.82, 2.24) is 15.1 Å². The molecule has 1 aromatic heterocycles. The standard InChI is InChI=1S/C19H22F3N5O/c1-25(2)16-6-7-17(24-23-16)26-8-10-27(11-9-26)18(28)13-14-4-3-5-15(12-14)19(20,21)22/h3-7,12H,8-11,13H2,1-2H3. The quantitative estimate of drug-likeness (QED) is 0.799. The Labute approximate surface area is 161 Å². The predicted octanol–water partition coefficient (Wildman–Crippen LogP) is 2.45. The Hall–Kier alpha value is -2.84. The molecule has 3 rings (SSSR count). The molecule has 0 spiro atoms. The second-order valence-electron chi connectivity index (χ2n) is 6.89. The fourth-order valence-corrected chi connectivity index (χ4v) is 3.05. The Morgan fingerprint density at radius 3 is 2.36 bits per heavy atom. The molecule has 150 valence electrons. The Kier molecular flexibility index (Phi) is 5.71. The van der Waals surface area contributed by atoms with Crippen molar-refractivity contribution in [3.8, 4) is 0 Å². The van der Waals surface area contributed by atoms with Crippen molar-refractivity contribution in [1.29, 1.82) is 0 Å². The van der Waals surface area contributed by atoms with Gasteiger partial charge in [-0.05, 0) is 23.8 Å². The first-order chi connectivity index (χ1) is 13.2. The molecule has 2 heterocycles. The van der Waals surface area contributed by atoms with E-state index in [4.69, 9.17) is 0 Å². The maximum Gasteiger partial charge on any atom is 0.416 e. The van der Waals surface area contributed by atoms with Crippen LogP contribution in [-0.2, 0) is 17.4 Å². The molecule has 6 nitrogen and oxygen atoms in total. The van der Waals surface area contributed by atoms with Gasteiger partial charge in [0.2, 0.25) is 5.91 Å². The van der Waals surface area contributed by atoms with E-state index in [0.717, 1.165) is 23.8 Å². The summed E-state index contributed by atoms with van der Waals surface area (Å²) >= 11 is 0. The van der Waals surface area contributed by atoms with E-state index in [-0.39, 0.29) is 12.3 Å². The zero-order valence-electron chi connectivity index (χ0n) is 15.8. The average molecular weight is 393 g/mol. The molecule has 0 N–H and O–H groups in total. The number of nitrogens with zero attached hydrogens (tertiary/aromatic N) is 5. The molecule has 1 aliphatic heterocycles. The zero-order valence-corrected chi connectivity index (χ0v) is 15.8. The first-order valence-electron chi connectivity index (χ1n) is 8.94. The predicted molar refractivity (Wildman–Crippen MR) is 100 cm³/mol. The summed E-state index contributed by atoms with van der Waals surface area (Å²) in [6, 6.07) is 8.70. The summed E-state index contributed by atoms with van der Waals surface area (Å²) in [5.41, 5.74) is -0.366. The third kappa shape index (κ3) is 4.71. The van der Waals surface area contributed by atoms with Crippen LogP contribution in [0.5, 0.6) is 0 Å². The molecule has 2 aromatic rings. The van der Waals surface area contributed by atoms with Crippen LogP contribution in [0.1, 0.15) is 11.1 Å². The zero-order chi connectivity index (χ0) is 20.3. The van der Waals surface area contributed by atoms with E-state index < -0.39 is 11.7 Å².